The van der Waals surface area contributed by atoms with Crippen LogP contribution in [-0.2, 0) is 10.2 Å². The average Bonchev–Trinajstić information content (AvgIpc) is 2.46. The van der Waals surface area contributed by atoms with Crippen molar-refractivity contribution in [1.82, 2.24) is 14.9 Å². The highest BCUT2D eigenvalue weighted by molar-refractivity contribution is 5.78. The van der Waals surface area contributed by atoms with Gasteiger partial charge in [0.15, 0.2) is 0 Å². The number of carbonyl (C=O) groups is 1. The zero-order chi connectivity index (χ0) is 16.3. The second-order valence-electron chi connectivity index (χ2n) is 7.46. The lowest BCUT2D eigenvalue weighted by atomic mass is 9.85. The van der Waals surface area contributed by atoms with Crippen molar-refractivity contribution in [1.29, 1.82) is 0 Å². The van der Waals surface area contributed by atoms with Crippen molar-refractivity contribution < 1.29 is 6.22 Å². The first-order valence-corrected chi connectivity index (χ1v) is 8.07. The van der Waals surface area contributed by atoms with E-state index in [1.165, 1.54) is 0 Å². The van der Waals surface area contributed by atoms with E-state index in [1.54, 1.807) is 11.2 Å². The number of carbonyl (C=O) groups excluding carboxylic acids is 1. The molecule has 0 aliphatic heterocycles. The third-order valence-corrected chi connectivity index (χ3v) is 4.30. The average molecular weight is 306 g/mol. The number of nitrogens with one attached hydrogen (secondary N) is 1. The van der Waals surface area contributed by atoms with Gasteiger partial charge in [0.2, 0.25) is 5.91 Å². The van der Waals surface area contributed by atoms with Gasteiger partial charge in [-0.05, 0) is 25.7 Å². The van der Waals surface area contributed by atoms with E-state index in [4.69, 9.17) is 0 Å². The minimum absolute atomic E-state index is 0. The van der Waals surface area contributed by atoms with E-state index >= 15 is 0 Å². The van der Waals surface area contributed by atoms with Crippen LogP contribution >= 0.6 is 0 Å². The normalized spacial score (nSPS) is 22.2. The Bertz CT molecular complexity index is 520. The number of nitrogens with zero attached hydrogens (tertiary/aromatic N) is 3. The summed E-state index contributed by atoms with van der Waals surface area (Å²) in [6.45, 7) is 6.45. The zero-order valence-electron chi connectivity index (χ0n) is 14.4. The summed E-state index contributed by atoms with van der Waals surface area (Å²) in [7, 11) is 3.67. The lowest BCUT2D eigenvalue weighted by Gasteiger charge is -2.30. The maximum absolute atomic E-state index is 12.0. The number of amides is 1. The van der Waals surface area contributed by atoms with E-state index in [1.807, 2.05) is 20.2 Å². The molecule has 22 heavy (non-hydrogen) atoms. The van der Waals surface area contributed by atoms with Gasteiger partial charge in [-0.2, -0.15) is 0 Å². The van der Waals surface area contributed by atoms with Gasteiger partial charge in [0.05, 0.1) is 5.69 Å². The zero-order valence-corrected chi connectivity index (χ0v) is 14.4. The predicted molar refractivity (Wildman–Crippen MR) is 90.9 cm³/mol. The first kappa shape index (κ1) is 16.7. The Morgan fingerprint density at radius 2 is 1.86 bits per heavy atom. The molecular weight excluding hydrogens is 276 g/mol. The summed E-state index contributed by atoms with van der Waals surface area (Å²) in [6, 6.07) is 2.44. The van der Waals surface area contributed by atoms with Gasteiger partial charge in [-0.1, -0.05) is 20.8 Å². The SMILES string of the molecule is CN(C)C(=O)C1CCC(Nc2cc(C(C)(C)C)ncn2)CC1.[HH]. The molecule has 0 spiro atoms. The monoisotopic (exact) mass is 306 g/mol. The lowest BCUT2D eigenvalue weighted by molar-refractivity contribution is -0.133. The Morgan fingerprint density at radius 1 is 1.23 bits per heavy atom. The maximum atomic E-state index is 12.0. The van der Waals surface area contributed by atoms with Crippen molar-refractivity contribution in [3.8, 4) is 0 Å². The molecule has 1 aliphatic rings. The molecule has 1 heterocycles. The Balaban J connectivity index is 0.00000264. The molecule has 1 aromatic heterocycles. The van der Waals surface area contributed by atoms with E-state index in [-0.39, 0.29) is 18.7 Å². The predicted octanol–water partition coefficient (Wildman–Crippen LogP) is 3.08. The third kappa shape index (κ3) is 4.18. The van der Waals surface area contributed by atoms with Crippen LogP contribution in [0.5, 0.6) is 0 Å². The van der Waals surface area contributed by atoms with Crippen LogP contribution in [0.15, 0.2) is 12.4 Å². The standard InChI is InChI=1S/C17H28N4O.H2/c1-17(2,3)14-10-15(19-11-18-14)20-13-8-6-12(7-9-13)16(22)21(4)5;/h10-13H,6-9H2,1-5H3,(H,18,19,20);1H. The molecule has 1 aromatic rings. The lowest BCUT2D eigenvalue weighted by Crippen LogP contribution is -2.35. The smallest absolute Gasteiger partial charge is 0.225 e. The highest BCUT2D eigenvalue weighted by atomic mass is 16.2. The van der Waals surface area contributed by atoms with Crippen LogP contribution in [-0.4, -0.2) is 40.9 Å². The fraction of sp³-hybridized carbons (Fsp3) is 0.706. The second kappa shape index (κ2) is 6.63. The van der Waals surface area contributed by atoms with Crippen LogP contribution in [0.3, 0.4) is 0 Å². The molecule has 1 fully saturated rings. The molecule has 0 unspecified atom stereocenters. The van der Waals surface area contributed by atoms with Crippen LogP contribution in [0.1, 0.15) is 53.6 Å². The summed E-state index contributed by atoms with van der Waals surface area (Å²) in [6.07, 6.45) is 5.56. The summed E-state index contributed by atoms with van der Waals surface area (Å²) in [5.41, 5.74) is 1.07. The molecule has 0 bridgehead atoms. The van der Waals surface area contributed by atoms with E-state index < -0.39 is 0 Å². The van der Waals surface area contributed by atoms with Crippen molar-refractivity contribution >= 4 is 11.7 Å². The Morgan fingerprint density at radius 3 is 2.41 bits per heavy atom. The number of aromatic nitrogens is 2. The van der Waals surface area contributed by atoms with Gasteiger partial charge < -0.3 is 10.2 Å². The van der Waals surface area contributed by atoms with Gasteiger partial charge in [0.1, 0.15) is 12.1 Å². The molecule has 5 heteroatoms. The third-order valence-electron chi connectivity index (χ3n) is 4.30. The molecule has 124 valence electrons. The molecule has 0 radical (unpaired) electrons. The Labute approximate surface area is 135 Å². The second-order valence-corrected chi connectivity index (χ2v) is 7.46. The molecule has 5 nitrogen and oxygen atoms in total. The van der Waals surface area contributed by atoms with Crippen LogP contribution < -0.4 is 5.32 Å². The van der Waals surface area contributed by atoms with E-state index in [0.29, 0.717) is 6.04 Å². The Hall–Kier alpha value is -1.65. The van der Waals surface area contributed by atoms with Crippen molar-refractivity contribution in [2.45, 2.75) is 57.9 Å². The quantitative estimate of drug-likeness (QED) is 0.932. The largest absolute Gasteiger partial charge is 0.367 e. The summed E-state index contributed by atoms with van der Waals surface area (Å²) >= 11 is 0. The summed E-state index contributed by atoms with van der Waals surface area (Å²) in [5, 5.41) is 3.51. The number of anilines is 1. The fourth-order valence-electron chi connectivity index (χ4n) is 2.91. The van der Waals surface area contributed by atoms with Crippen molar-refractivity contribution in [3.63, 3.8) is 0 Å². The molecule has 1 N–H and O–H groups in total. The number of hydrogen-bond acceptors (Lipinski definition) is 4. The number of rotatable bonds is 3. The van der Waals surface area contributed by atoms with Gasteiger partial charge >= 0.3 is 0 Å². The van der Waals surface area contributed by atoms with Crippen LogP contribution in [0, 0.1) is 5.92 Å². The first-order valence-electron chi connectivity index (χ1n) is 8.07. The van der Waals surface area contributed by atoms with Gasteiger partial charge in [-0.25, -0.2) is 9.97 Å². The molecular formula is C17H30N4O. The van der Waals surface area contributed by atoms with Gasteiger partial charge in [0, 0.05) is 39.0 Å². The molecule has 0 atom stereocenters. The van der Waals surface area contributed by atoms with E-state index in [0.717, 1.165) is 37.2 Å². The molecule has 1 saturated carbocycles. The summed E-state index contributed by atoms with van der Waals surface area (Å²) in [4.78, 5) is 22.4. The maximum Gasteiger partial charge on any atom is 0.225 e. The van der Waals surface area contributed by atoms with E-state index in [9.17, 15) is 4.79 Å². The van der Waals surface area contributed by atoms with Crippen molar-refractivity contribution in [3.05, 3.63) is 18.1 Å². The van der Waals surface area contributed by atoms with Crippen LogP contribution in [0.25, 0.3) is 0 Å². The Kier molecular flexibility index (Phi) is 5.04. The van der Waals surface area contributed by atoms with Crippen LogP contribution in [0.2, 0.25) is 0 Å². The minimum Gasteiger partial charge on any atom is -0.367 e. The molecule has 1 amide bonds. The molecule has 0 saturated heterocycles. The highest BCUT2D eigenvalue weighted by Gasteiger charge is 2.27. The van der Waals surface area contributed by atoms with Gasteiger partial charge in [0.25, 0.3) is 0 Å². The van der Waals surface area contributed by atoms with Gasteiger partial charge in [-0.15, -0.1) is 0 Å². The first-order chi connectivity index (χ1) is 10.3. The number of hydrogen-bond donors (Lipinski definition) is 1. The summed E-state index contributed by atoms with van der Waals surface area (Å²) in [5.74, 6) is 1.33. The van der Waals surface area contributed by atoms with Crippen molar-refractivity contribution in [2.24, 2.45) is 5.92 Å². The topological polar surface area (TPSA) is 58.1 Å². The van der Waals surface area contributed by atoms with Gasteiger partial charge in [-0.3, -0.25) is 4.79 Å². The van der Waals surface area contributed by atoms with E-state index in [2.05, 4.69) is 36.1 Å². The fourth-order valence-corrected chi connectivity index (χ4v) is 2.91. The molecule has 1 aliphatic carbocycles. The molecule has 0 aromatic carbocycles. The van der Waals surface area contributed by atoms with Crippen LogP contribution in [0.4, 0.5) is 5.82 Å². The summed E-state index contributed by atoms with van der Waals surface area (Å²) < 4.78 is 0. The minimum atomic E-state index is 0. The van der Waals surface area contributed by atoms with Crippen molar-refractivity contribution in [2.75, 3.05) is 19.4 Å². The molecule has 2 rings (SSSR count). The highest BCUT2D eigenvalue weighted by Crippen LogP contribution is 2.28.